The lowest BCUT2D eigenvalue weighted by molar-refractivity contribution is 1.25. The monoisotopic (exact) mass is 240 g/mol. The van der Waals surface area contributed by atoms with Crippen LogP contribution in [0.5, 0.6) is 0 Å². The molecule has 0 aliphatic heterocycles. The van der Waals surface area contributed by atoms with Crippen LogP contribution in [0.25, 0.3) is 22.1 Å². The van der Waals surface area contributed by atoms with E-state index in [1.807, 2.05) is 17.5 Å². The van der Waals surface area contributed by atoms with E-state index < -0.39 is 0 Å². The highest BCUT2D eigenvalue weighted by molar-refractivity contribution is 7.12. The van der Waals surface area contributed by atoms with Crippen LogP contribution in [0.2, 0.25) is 0 Å². The standard InChI is InChI=1S/C13H10N3S/c1-9-3-2-4-10(7-9)11-8-15-12(16-11)13-14-5-6-17-13/h2-8H,1H3/q-1. The highest BCUT2D eigenvalue weighted by atomic mass is 32.1. The SMILES string of the molecule is Cc1cccc(-c2c[n-]c(-c3nccs3)n2)c1. The molecular formula is C13H10N3S-. The van der Waals surface area contributed by atoms with Crippen molar-refractivity contribution in [3.8, 4) is 22.1 Å². The third kappa shape index (κ3) is 1.99. The Hall–Kier alpha value is -1.94. The van der Waals surface area contributed by atoms with Gasteiger partial charge >= 0.3 is 0 Å². The summed E-state index contributed by atoms with van der Waals surface area (Å²) < 4.78 is 0. The molecule has 0 amide bonds. The Labute approximate surface area is 103 Å². The first-order chi connectivity index (χ1) is 8.33. The van der Waals surface area contributed by atoms with Gasteiger partial charge in [-0.25, -0.2) is 4.98 Å². The first-order valence-corrected chi connectivity index (χ1v) is 6.17. The summed E-state index contributed by atoms with van der Waals surface area (Å²) in [6.07, 6.45) is 3.56. The van der Waals surface area contributed by atoms with E-state index in [1.165, 1.54) is 5.56 Å². The van der Waals surface area contributed by atoms with Gasteiger partial charge in [0.1, 0.15) is 5.01 Å². The molecule has 0 spiro atoms. The maximum Gasteiger partial charge on any atom is 0.115 e. The van der Waals surface area contributed by atoms with Crippen LogP contribution in [-0.4, -0.2) is 9.97 Å². The Kier molecular flexibility index (Phi) is 2.49. The van der Waals surface area contributed by atoms with Crippen LogP contribution < -0.4 is 4.98 Å². The molecule has 0 fully saturated rings. The van der Waals surface area contributed by atoms with Crippen molar-refractivity contribution in [1.29, 1.82) is 0 Å². The minimum absolute atomic E-state index is 0.705. The Morgan fingerprint density at radius 3 is 3.00 bits per heavy atom. The quantitative estimate of drug-likeness (QED) is 0.691. The summed E-state index contributed by atoms with van der Waals surface area (Å²) in [5.41, 5.74) is 3.22. The van der Waals surface area contributed by atoms with Gasteiger partial charge in [0.05, 0.1) is 0 Å². The summed E-state index contributed by atoms with van der Waals surface area (Å²) >= 11 is 1.55. The van der Waals surface area contributed by atoms with Gasteiger partial charge in [0.15, 0.2) is 0 Å². The molecule has 0 bridgehead atoms. The minimum atomic E-state index is 0.705. The van der Waals surface area contributed by atoms with Gasteiger partial charge in [-0.1, -0.05) is 36.0 Å². The average Bonchev–Trinajstić information content (AvgIpc) is 3.00. The molecule has 3 nitrogen and oxygen atoms in total. The molecule has 0 saturated carbocycles. The van der Waals surface area contributed by atoms with Crippen molar-refractivity contribution in [1.82, 2.24) is 15.0 Å². The molecule has 0 atom stereocenters. The second-order valence-corrected chi connectivity index (χ2v) is 4.68. The number of aryl methyl sites for hydroxylation is 1. The van der Waals surface area contributed by atoms with Crippen molar-refractivity contribution in [2.24, 2.45) is 0 Å². The number of hydrogen-bond donors (Lipinski definition) is 0. The number of imidazole rings is 1. The van der Waals surface area contributed by atoms with Gasteiger partial charge < -0.3 is 9.97 Å². The first-order valence-electron chi connectivity index (χ1n) is 5.29. The van der Waals surface area contributed by atoms with Gasteiger partial charge in [0.25, 0.3) is 0 Å². The Bertz CT molecular complexity index is 626. The van der Waals surface area contributed by atoms with Gasteiger partial charge in [0.2, 0.25) is 0 Å². The molecule has 4 heteroatoms. The zero-order valence-corrected chi connectivity index (χ0v) is 10.1. The molecule has 0 N–H and O–H groups in total. The fourth-order valence-corrected chi connectivity index (χ4v) is 2.25. The molecule has 0 aliphatic carbocycles. The van der Waals surface area contributed by atoms with E-state index in [0.717, 1.165) is 16.3 Å². The van der Waals surface area contributed by atoms with Gasteiger partial charge in [-0.3, -0.25) is 0 Å². The number of rotatable bonds is 2. The van der Waals surface area contributed by atoms with E-state index in [2.05, 4.69) is 34.0 Å². The van der Waals surface area contributed by atoms with Crippen LogP contribution in [-0.2, 0) is 0 Å². The minimum Gasteiger partial charge on any atom is -0.440 e. The summed E-state index contributed by atoms with van der Waals surface area (Å²) in [6.45, 7) is 2.07. The molecule has 1 aromatic carbocycles. The molecule has 17 heavy (non-hydrogen) atoms. The zero-order chi connectivity index (χ0) is 11.7. The summed E-state index contributed by atoms with van der Waals surface area (Å²) in [6, 6.07) is 8.25. The highest BCUT2D eigenvalue weighted by Gasteiger charge is 1.98. The van der Waals surface area contributed by atoms with Crippen LogP contribution in [0, 0.1) is 6.92 Å². The van der Waals surface area contributed by atoms with E-state index >= 15 is 0 Å². The summed E-state index contributed by atoms with van der Waals surface area (Å²) in [5, 5.41) is 2.79. The van der Waals surface area contributed by atoms with Crippen molar-refractivity contribution in [3.05, 3.63) is 47.6 Å². The fraction of sp³-hybridized carbons (Fsp3) is 0.0769. The third-order valence-corrected chi connectivity index (χ3v) is 3.24. The van der Waals surface area contributed by atoms with Crippen LogP contribution in [0.4, 0.5) is 0 Å². The summed E-state index contributed by atoms with van der Waals surface area (Å²) in [5.74, 6) is 0.705. The molecule has 2 heterocycles. The lowest BCUT2D eigenvalue weighted by Crippen LogP contribution is -1.81. The van der Waals surface area contributed by atoms with Crippen molar-refractivity contribution < 1.29 is 0 Å². The van der Waals surface area contributed by atoms with Gasteiger partial charge in [-0.2, -0.15) is 0 Å². The van der Waals surface area contributed by atoms with E-state index in [9.17, 15) is 0 Å². The second-order valence-electron chi connectivity index (χ2n) is 3.79. The molecule has 0 aliphatic rings. The Morgan fingerprint density at radius 2 is 2.24 bits per heavy atom. The maximum atomic E-state index is 4.50. The average molecular weight is 240 g/mol. The summed E-state index contributed by atoms with van der Waals surface area (Å²) in [7, 11) is 0. The topological polar surface area (TPSA) is 39.9 Å². The van der Waals surface area contributed by atoms with Gasteiger partial charge in [-0.05, 0) is 24.0 Å². The van der Waals surface area contributed by atoms with Crippen LogP contribution in [0.1, 0.15) is 5.56 Å². The highest BCUT2D eigenvalue weighted by Crippen LogP contribution is 2.23. The molecule has 84 valence electrons. The van der Waals surface area contributed by atoms with Crippen molar-refractivity contribution in [3.63, 3.8) is 0 Å². The lowest BCUT2D eigenvalue weighted by atomic mass is 10.1. The predicted molar refractivity (Wildman–Crippen MR) is 68.8 cm³/mol. The lowest BCUT2D eigenvalue weighted by Gasteiger charge is -2.03. The van der Waals surface area contributed by atoms with E-state index in [4.69, 9.17) is 0 Å². The van der Waals surface area contributed by atoms with E-state index in [1.54, 1.807) is 23.7 Å². The van der Waals surface area contributed by atoms with Crippen molar-refractivity contribution >= 4 is 11.3 Å². The van der Waals surface area contributed by atoms with Crippen LogP contribution in [0.3, 0.4) is 0 Å². The summed E-state index contributed by atoms with van der Waals surface area (Å²) in [4.78, 5) is 13.0. The Balaban J connectivity index is 2.01. The van der Waals surface area contributed by atoms with Gasteiger partial charge in [0, 0.05) is 11.6 Å². The smallest absolute Gasteiger partial charge is 0.115 e. The molecule has 3 rings (SSSR count). The maximum absolute atomic E-state index is 4.50. The normalized spacial score (nSPS) is 10.6. The largest absolute Gasteiger partial charge is 0.440 e. The van der Waals surface area contributed by atoms with Crippen molar-refractivity contribution in [2.75, 3.05) is 0 Å². The number of aromatic nitrogens is 3. The third-order valence-electron chi connectivity index (χ3n) is 2.47. The Morgan fingerprint density at radius 1 is 1.29 bits per heavy atom. The van der Waals surface area contributed by atoms with E-state index in [0.29, 0.717) is 5.82 Å². The molecule has 3 aromatic rings. The molecular weight excluding hydrogens is 230 g/mol. The number of benzene rings is 1. The molecule has 0 radical (unpaired) electrons. The van der Waals surface area contributed by atoms with Gasteiger partial charge in [-0.15, -0.1) is 11.3 Å². The molecule has 2 aromatic heterocycles. The zero-order valence-electron chi connectivity index (χ0n) is 9.29. The molecule has 0 saturated heterocycles. The number of thiazole rings is 1. The number of nitrogens with zero attached hydrogens (tertiary/aromatic N) is 3. The van der Waals surface area contributed by atoms with Crippen molar-refractivity contribution in [2.45, 2.75) is 6.92 Å². The second kappa shape index (κ2) is 4.14. The fourth-order valence-electron chi connectivity index (χ4n) is 1.67. The van der Waals surface area contributed by atoms with Crippen LogP contribution in [0.15, 0.2) is 42.0 Å². The predicted octanol–water partition coefficient (Wildman–Crippen LogP) is 3.14. The molecule has 0 unspecified atom stereocenters. The van der Waals surface area contributed by atoms with E-state index in [-0.39, 0.29) is 0 Å². The first kappa shape index (κ1) is 10.2. The number of hydrogen-bond acceptors (Lipinski definition) is 3. The van der Waals surface area contributed by atoms with Crippen LogP contribution >= 0.6 is 11.3 Å².